The number of urea groups is 1. The average molecular weight is 372 g/mol. The third-order valence-corrected chi connectivity index (χ3v) is 4.69. The molecule has 0 aliphatic carbocycles. The van der Waals surface area contributed by atoms with Crippen LogP contribution in [0.2, 0.25) is 0 Å². The van der Waals surface area contributed by atoms with Crippen LogP contribution in [0, 0.1) is 18.6 Å². The monoisotopic (exact) mass is 372 g/mol. The second kappa shape index (κ2) is 6.94. The first kappa shape index (κ1) is 17.4. The molecule has 1 saturated heterocycles. The van der Waals surface area contributed by atoms with Crippen LogP contribution in [0.4, 0.5) is 13.6 Å². The molecule has 140 valence electrons. The lowest BCUT2D eigenvalue weighted by Crippen LogP contribution is -2.58. The SMILES string of the molecule is Cc1ncc(C2CC=NN2C(=O)N2CC(Oc3ccc(F)cc3)C2)cc1F. The van der Waals surface area contributed by atoms with Crippen LogP contribution in [0.15, 0.2) is 41.6 Å². The van der Waals surface area contributed by atoms with Crippen LogP contribution >= 0.6 is 0 Å². The van der Waals surface area contributed by atoms with Gasteiger partial charge in [0.25, 0.3) is 0 Å². The molecule has 1 aromatic heterocycles. The molecule has 0 radical (unpaired) electrons. The first-order chi connectivity index (χ1) is 13.0. The lowest BCUT2D eigenvalue weighted by Gasteiger charge is -2.41. The van der Waals surface area contributed by atoms with Crippen molar-refractivity contribution in [3.8, 4) is 5.75 Å². The Hall–Kier alpha value is -3.03. The molecule has 2 aliphatic rings. The second-order valence-corrected chi connectivity index (χ2v) is 6.61. The zero-order valence-electron chi connectivity index (χ0n) is 14.7. The molecule has 2 aliphatic heterocycles. The van der Waals surface area contributed by atoms with Gasteiger partial charge in [0.1, 0.15) is 23.5 Å². The Morgan fingerprint density at radius 1 is 1.22 bits per heavy atom. The molecule has 0 spiro atoms. The number of aromatic nitrogens is 1. The predicted molar refractivity (Wildman–Crippen MR) is 94.4 cm³/mol. The van der Waals surface area contributed by atoms with E-state index in [4.69, 9.17) is 4.74 Å². The standard InChI is InChI=1S/C19H18F2N4O2/c1-12-17(21)8-13(9-22-12)18-6-7-23-25(18)19(26)24-10-16(11-24)27-15-4-2-14(20)3-5-15/h2-5,7-9,16,18H,6,10-11H2,1H3. The number of hydrogen-bond donors (Lipinski definition) is 0. The van der Waals surface area contributed by atoms with Crippen LogP contribution in [-0.4, -0.2) is 46.3 Å². The van der Waals surface area contributed by atoms with Gasteiger partial charge in [0.05, 0.1) is 24.8 Å². The zero-order valence-corrected chi connectivity index (χ0v) is 14.7. The lowest BCUT2D eigenvalue weighted by atomic mass is 10.1. The molecule has 1 unspecified atom stereocenters. The van der Waals surface area contributed by atoms with Crippen LogP contribution in [0.3, 0.4) is 0 Å². The Morgan fingerprint density at radius 3 is 2.67 bits per heavy atom. The van der Waals surface area contributed by atoms with E-state index in [1.807, 2.05) is 0 Å². The van der Waals surface area contributed by atoms with Gasteiger partial charge in [-0.05, 0) is 42.8 Å². The van der Waals surface area contributed by atoms with E-state index in [0.717, 1.165) is 0 Å². The van der Waals surface area contributed by atoms with Crippen molar-refractivity contribution in [2.24, 2.45) is 5.10 Å². The molecule has 3 heterocycles. The van der Waals surface area contributed by atoms with Crippen molar-refractivity contribution in [1.82, 2.24) is 14.9 Å². The molecular weight excluding hydrogens is 354 g/mol. The van der Waals surface area contributed by atoms with Gasteiger partial charge in [-0.1, -0.05) is 0 Å². The number of carbonyl (C=O) groups excluding carboxylic acids is 1. The molecule has 1 aromatic carbocycles. The summed E-state index contributed by atoms with van der Waals surface area (Å²) in [6.07, 6.45) is 3.59. The fourth-order valence-corrected chi connectivity index (χ4v) is 3.10. The number of benzene rings is 1. The first-order valence-electron chi connectivity index (χ1n) is 8.66. The summed E-state index contributed by atoms with van der Waals surface area (Å²) in [6, 6.07) is 6.55. The molecule has 27 heavy (non-hydrogen) atoms. The van der Waals surface area contributed by atoms with Gasteiger partial charge in [-0.25, -0.2) is 18.6 Å². The maximum atomic E-state index is 13.8. The van der Waals surface area contributed by atoms with E-state index in [1.54, 1.807) is 36.4 Å². The third-order valence-electron chi connectivity index (χ3n) is 4.69. The largest absolute Gasteiger partial charge is 0.487 e. The maximum absolute atomic E-state index is 13.8. The summed E-state index contributed by atoms with van der Waals surface area (Å²) in [7, 11) is 0. The first-order valence-corrected chi connectivity index (χ1v) is 8.66. The molecule has 0 bridgehead atoms. The van der Waals surface area contributed by atoms with Gasteiger partial charge in [0.15, 0.2) is 0 Å². The van der Waals surface area contributed by atoms with Gasteiger partial charge in [-0.2, -0.15) is 5.10 Å². The summed E-state index contributed by atoms with van der Waals surface area (Å²) in [5.74, 6) is -0.164. The van der Waals surface area contributed by atoms with E-state index < -0.39 is 5.82 Å². The fourth-order valence-electron chi connectivity index (χ4n) is 3.10. The molecule has 0 N–H and O–H groups in total. The van der Waals surface area contributed by atoms with Crippen molar-refractivity contribution in [2.45, 2.75) is 25.5 Å². The van der Waals surface area contributed by atoms with E-state index in [1.165, 1.54) is 23.2 Å². The quantitative estimate of drug-likeness (QED) is 0.831. The van der Waals surface area contributed by atoms with Crippen LogP contribution in [0.1, 0.15) is 23.7 Å². The number of hydrogen-bond acceptors (Lipinski definition) is 4. The molecule has 4 rings (SSSR count). The molecule has 0 saturated carbocycles. The van der Waals surface area contributed by atoms with Crippen LogP contribution < -0.4 is 4.74 Å². The third kappa shape index (κ3) is 3.47. The number of hydrazone groups is 1. The van der Waals surface area contributed by atoms with Crippen molar-refractivity contribution in [1.29, 1.82) is 0 Å². The topological polar surface area (TPSA) is 58.0 Å². The van der Waals surface area contributed by atoms with Crippen molar-refractivity contribution in [2.75, 3.05) is 13.1 Å². The maximum Gasteiger partial charge on any atom is 0.341 e. The number of pyridine rings is 1. The average Bonchev–Trinajstić information content (AvgIpc) is 3.11. The number of carbonyl (C=O) groups is 1. The molecule has 8 heteroatoms. The molecule has 1 atom stereocenters. The van der Waals surface area contributed by atoms with Crippen molar-refractivity contribution >= 4 is 12.2 Å². The van der Waals surface area contributed by atoms with E-state index in [-0.39, 0.29) is 24.0 Å². The van der Waals surface area contributed by atoms with Gasteiger partial charge in [-0.3, -0.25) is 4.98 Å². The number of nitrogens with zero attached hydrogens (tertiary/aromatic N) is 4. The van der Waals surface area contributed by atoms with Crippen LogP contribution in [0.25, 0.3) is 0 Å². The molecule has 2 amide bonds. The van der Waals surface area contributed by atoms with Crippen LogP contribution in [-0.2, 0) is 0 Å². The molecule has 2 aromatic rings. The Labute approximate surface area is 155 Å². The number of halogens is 2. The fraction of sp³-hybridized carbons (Fsp3) is 0.316. The summed E-state index contributed by atoms with van der Waals surface area (Å²) in [5, 5.41) is 5.51. The Kier molecular flexibility index (Phi) is 4.47. The highest BCUT2D eigenvalue weighted by Crippen LogP contribution is 2.31. The summed E-state index contributed by atoms with van der Waals surface area (Å²) in [6.45, 7) is 2.42. The number of amides is 2. The lowest BCUT2D eigenvalue weighted by molar-refractivity contribution is 0.0277. The highest BCUT2D eigenvalue weighted by atomic mass is 19.1. The van der Waals surface area contributed by atoms with Gasteiger partial charge in [-0.15, -0.1) is 0 Å². The van der Waals surface area contributed by atoms with E-state index >= 15 is 0 Å². The zero-order chi connectivity index (χ0) is 19.0. The number of ether oxygens (including phenoxy) is 1. The minimum atomic E-state index is -0.400. The van der Waals surface area contributed by atoms with Gasteiger partial charge < -0.3 is 9.64 Å². The predicted octanol–water partition coefficient (Wildman–Crippen LogP) is 3.28. The van der Waals surface area contributed by atoms with Gasteiger partial charge >= 0.3 is 6.03 Å². The number of likely N-dealkylation sites (tertiary alicyclic amines) is 1. The number of aryl methyl sites for hydroxylation is 1. The van der Waals surface area contributed by atoms with Crippen LogP contribution in [0.5, 0.6) is 5.75 Å². The molecule has 6 nitrogen and oxygen atoms in total. The summed E-state index contributed by atoms with van der Waals surface area (Å²) in [5.41, 5.74) is 0.933. The molecule has 1 fully saturated rings. The number of rotatable bonds is 3. The Bertz CT molecular complexity index is 882. The second-order valence-electron chi connectivity index (χ2n) is 6.61. The van der Waals surface area contributed by atoms with E-state index in [9.17, 15) is 13.6 Å². The Morgan fingerprint density at radius 2 is 1.96 bits per heavy atom. The highest BCUT2D eigenvalue weighted by molar-refractivity contribution is 5.79. The minimum Gasteiger partial charge on any atom is -0.487 e. The summed E-state index contributed by atoms with van der Waals surface area (Å²) in [4.78, 5) is 18.4. The van der Waals surface area contributed by atoms with Gasteiger partial charge in [0.2, 0.25) is 0 Å². The highest BCUT2D eigenvalue weighted by Gasteiger charge is 2.39. The Balaban J connectivity index is 1.37. The van der Waals surface area contributed by atoms with E-state index in [0.29, 0.717) is 36.5 Å². The van der Waals surface area contributed by atoms with Crippen molar-refractivity contribution in [3.05, 3.63) is 59.4 Å². The normalized spacial score (nSPS) is 19.3. The van der Waals surface area contributed by atoms with Crippen molar-refractivity contribution < 1.29 is 18.3 Å². The minimum absolute atomic E-state index is 0.150. The van der Waals surface area contributed by atoms with Crippen molar-refractivity contribution in [3.63, 3.8) is 0 Å². The molecular formula is C19H18F2N4O2. The summed E-state index contributed by atoms with van der Waals surface area (Å²) >= 11 is 0. The smallest absolute Gasteiger partial charge is 0.341 e. The van der Waals surface area contributed by atoms with Gasteiger partial charge in [0, 0.05) is 18.8 Å². The summed E-state index contributed by atoms with van der Waals surface area (Å²) < 4.78 is 32.5. The van der Waals surface area contributed by atoms with E-state index in [2.05, 4.69) is 10.1 Å².